The van der Waals surface area contributed by atoms with E-state index in [0.29, 0.717) is 12.8 Å². The molecule has 0 N–H and O–H groups in total. The molecule has 0 atom stereocenters. The van der Waals surface area contributed by atoms with Crippen LogP contribution in [0.5, 0.6) is 0 Å². The van der Waals surface area contributed by atoms with Gasteiger partial charge in [-0.05, 0) is 47.5 Å². The number of nitrogens with zero attached hydrogens (tertiary/aromatic N) is 1. The van der Waals surface area contributed by atoms with Gasteiger partial charge in [0.15, 0.2) is 0 Å². The fraction of sp³-hybridized carbons (Fsp3) is 0.875. The summed E-state index contributed by atoms with van der Waals surface area (Å²) in [6.07, 6.45) is 2.05. The standard InChI is InChI=1S/C16H29NO3/c1-8-16(9-2)11-12(18)10-15(6,7)17(16)13(19)20-14(3,4)5/h8-11H2,1-7H3. The summed E-state index contributed by atoms with van der Waals surface area (Å²) < 4.78 is 5.58. The molecule has 0 aromatic carbocycles. The van der Waals surface area contributed by atoms with Crippen LogP contribution in [0.3, 0.4) is 0 Å². The number of carbonyl (C=O) groups is 2. The number of rotatable bonds is 2. The molecule has 0 aromatic heterocycles. The van der Waals surface area contributed by atoms with Gasteiger partial charge in [-0.1, -0.05) is 13.8 Å². The van der Waals surface area contributed by atoms with Gasteiger partial charge in [-0.25, -0.2) is 4.79 Å². The van der Waals surface area contributed by atoms with Gasteiger partial charge in [0.25, 0.3) is 0 Å². The second-order valence-corrected chi connectivity index (χ2v) is 7.45. The first-order valence-electron chi connectivity index (χ1n) is 7.52. The molecule has 4 nitrogen and oxygen atoms in total. The molecule has 116 valence electrons. The summed E-state index contributed by atoms with van der Waals surface area (Å²) in [6.45, 7) is 13.6. The van der Waals surface area contributed by atoms with Crippen LogP contribution in [-0.2, 0) is 9.53 Å². The predicted molar refractivity (Wildman–Crippen MR) is 79.7 cm³/mol. The van der Waals surface area contributed by atoms with E-state index in [1.54, 1.807) is 0 Å². The molecule has 0 radical (unpaired) electrons. The second-order valence-electron chi connectivity index (χ2n) is 7.45. The molecule has 1 fully saturated rings. The number of piperidine rings is 1. The van der Waals surface area contributed by atoms with Gasteiger partial charge in [-0.2, -0.15) is 0 Å². The van der Waals surface area contributed by atoms with E-state index < -0.39 is 16.7 Å². The first-order valence-corrected chi connectivity index (χ1v) is 7.52. The van der Waals surface area contributed by atoms with E-state index >= 15 is 0 Å². The van der Waals surface area contributed by atoms with Crippen molar-refractivity contribution in [1.82, 2.24) is 4.90 Å². The highest BCUT2D eigenvalue weighted by Gasteiger charge is 2.51. The highest BCUT2D eigenvalue weighted by atomic mass is 16.6. The van der Waals surface area contributed by atoms with Crippen LogP contribution in [0.25, 0.3) is 0 Å². The maximum atomic E-state index is 12.7. The minimum Gasteiger partial charge on any atom is -0.444 e. The number of ketones is 1. The first-order chi connectivity index (χ1) is 8.97. The Kier molecular flexibility index (Phi) is 4.57. The van der Waals surface area contributed by atoms with Gasteiger partial charge < -0.3 is 4.74 Å². The van der Waals surface area contributed by atoms with Crippen molar-refractivity contribution in [1.29, 1.82) is 0 Å². The smallest absolute Gasteiger partial charge is 0.411 e. The molecular weight excluding hydrogens is 254 g/mol. The second kappa shape index (κ2) is 5.38. The Balaban J connectivity index is 3.20. The molecule has 0 aliphatic carbocycles. The largest absolute Gasteiger partial charge is 0.444 e. The lowest BCUT2D eigenvalue weighted by Crippen LogP contribution is -2.65. The van der Waals surface area contributed by atoms with E-state index in [9.17, 15) is 9.59 Å². The van der Waals surface area contributed by atoms with Crippen molar-refractivity contribution in [2.45, 2.75) is 90.8 Å². The molecule has 0 bridgehead atoms. The summed E-state index contributed by atoms with van der Waals surface area (Å²) in [6, 6.07) is 0. The van der Waals surface area contributed by atoms with Gasteiger partial charge in [-0.3, -0.25) is 9.69 Å². The van der Waals surface area contributed by atoms with Crippen molar-refractivity contribution in [2.75, 3.05) is 0 Å². The third-order valence-electron chi connectivity index (χ3n) is 4.13. The first kappa shape index (κ1) is 17.0. The third-order valence-corrected chi connectivity index (χ3v) is 4.13. The van der Waals surface area contributed by atoms with Crippen LogP contribution < -0.4 is 0 Å². The van der Waals surface area contributed by atoms with Crippen LogP contribution in [0.15, 0.2) is 0 Å². The van der Waals surface area contributed by atoms with Crippen LogP contribution in [-0.4, -0.2) is 33.5 Å². The fourth-order valence-corrected chi connectivity index (χ4v) is 3.28. The molecule has 1 amide bonds. The quantitative estimate of drug-likeness (QED) is 0.771. The molecule has 0 saturated carbocycles. The van der Waals surface area contributed by atoms with E-state index in [2.05, 4.69) is 0 Å². The highest BCUT2D eigenvalue weighted by molar-refractivity contribution is 5.85. The average Bonchev–Trinajstić information content (AvgIpc) is 2.23. The maximum absolute atomic E-state index is 12.7. The van der Waals surface area contributed by atoms with Crippen molar-refractivity contribution in [3.63, 3.8) is 0 Å². The van der Waals surface area contributed by atoms with Gasteiger partial charge in [0.2, 0.25) is 0 Å². The number of Topliss-reactive ketones (excluding diaryl/α,β-unsaturated/α-hetero) is 1. The molecule has 1 rings (SSSR count). The molecule has 0 aromatic rings. The van der Waals surface area contributed by atoms with Crippen LogP contribution in [0.4, 0.5) is 4.79 Å². The molecule has 4 heteroatoms. The van der Waals surface area contributed by atoms with E-state index in [-0.39, 0.29) is 11.9 Å². The summed E-state index contributed by atoms with van der Waals surface area (Å²) >= 11 is 0. The number of hydrogen-bond acceptors (Lipinski definition) is 3. The molecule has 0 unspecified atom stereocenters. The van der Waals surface area contributed by atoms with Crippen molar-refractivity contribution < 1.29 is 14.3 Å². The summed E-state index contributed by atoms with van der Waals surface area (Å²) in [5.74, 6) is 0.235. The fourth-order valence-electron chi connectivity index (χ4n) is 3.28. The monoisotopic (exact) mass is 283 g/mol. The molecule has 20 heavy (non-hydrogen) atoms. The van der Waals surface area contributed by atoms with Gasteiger partial charge in [0.05, 0.1) is 5.54 Å². The zero-order valence-electron chi connectivity index (χ0n) is 14.0. The minimum absolute atomic E-state index is 0.235. The summed E-state index contributed by atoms with van der Waals surface area (Å²) in [7, 11) is 0. The van der Waals surface area contributed by atoms with Crippen LogP contribution in [0, 0.1) is 0 Å². The Labute approximate surface area is 122 Å². The summed E-state index contributed by atoms with van der Waals surface area (Å²) in [5, 5.41) is 0. The topological polar surface area (TPSA) is 46.6 Å². The summed E-state index contributed by atoms with van der Waals surface area (Å²) in [4.78, 5) is 26.6. The molecule has 1 aliphatic heterocycles. The maximum Gasteiger partial charge on any atom is 0.411 e. The Morgan fingerprint density at radius 1 is 1.20 bits per heavy atom. The zero-order valence-corrected chi connectivity index (χ0v) is 14.0. The van der Waals surface area contributed by atoms with Gasteiger partial charge in [0, 0.05) is 18.4 Å². The Bertz CT molecular complexity index is 389. The Morgan fingerprint density at radius 2 is 1.70 bits per heavy atom. The van der Waals surface area contributed by atoms with Gasteiger partial charge in [0.1, 0.15) is 11.4 Å². The van der Waals surface area contributed by atoms with Crippen LogP contribution in [0.2, 0.25) is 0 Å². The molecule has 1 heterocycles. The lowest BCUT2D eigenvalue weighted by Gasteiger charge is -2.54. The number of likely N-dealkylation sites (tertiary alicyclic amines) is 1. The normalized spacial score (nSPS) is 21.8. The van der Waals surface area contributed by atoms with E-state index in [4.69, 9.17) is 4.74 Å². The van der Waals surface area contributed by atoms with Crippen molar-refractivity contribution in [3.8, 4) is 0 Å². The van der Waals surface area contributed by atoms with Crippen molar-refractivity contribution >= 4 is 11.9 Å². The average molecular weight is 283 g/mol. The highest BCUT2D eigenvalue weighted by Crippen LogP contribution is 2.41. The van der Waals surface area contributed by atoms with E-state index in [1.807, 2.05) is 53.4 Å². The Morgan fingerprint density at radius 3 is 2.10 bits per heavy atom. The minimum atomic E-state index is -0.526. The van der Waals surface area contributed by atoms with Crippen molar-refractivity contribution in [2.24, 2.45) is 0 Å². The molecule has 1 aliphatic rings. The number of carbonyl (C=O) groups excluding carboxylic acids is 2. The van der Waals surface area contributed by atoms with Gasteiger partial charge >= 0.3 is 6.09 Å². The SMILES string of the molecule is CCC1(CC)CC(=O)CC(C)(C)N1C(=O)OC(C)(C)C. The van der Waals surface area contributed by atoms with Gasteiger partial charge in [-0.15, -0.1) is 0 Å². The molecular formula is C16H29NO3. The number of amides is 1. The molecule has 0 spiro atoms. The van der Waals surface area contributed by atoms with E-state index in [1.165, 1.54) is 0 Å². The zero-order chi connectivity index (χ0) is 15.8. The number of ether oxygens (including phenoxy) is 1. The third kappa shape index (κ3) is 3.33. The lowest BCUT2D eigenvalue weighted by molar-refractivity contribution is -0.135. The van der Waals surface area contributed by atoms with E-state index in [0.717, 1.165) is 12.8 Å². The summed E-state index contributed by atoms with van der Waals surface area (Å²) in [5.41, 5.74) is -1.44. The molecule has 1 saturated heterocycles. The van der Waals surface area contributed by atoms with Crippen LogP contribution in [0.1, 0.15) is 74.1 Å². The van der Waals surface area contributed by atoms with Crippen molar-refractivity contribution in [3.05, 3.63) is 0 Å². The number of hydrogen-bond donors (Lipinski definition) is 0. The predicted octanol–water partition coefficient (Wildman–Crippen LogP) is 3.92. The Hall–Kier alpha value is -1.06. The van der Waals surface area contributed by atoms with Crippen LogP contribution >= 0.6 is 0 Å². The lowest BCUT2D eigenvalue weighted by atomic mass is 9.74.